The normalized spacial score (nSPS) is 23.0. The van der Waals surface area contributed by atoms with Crippen LogP contribution in [0.15, 0.2) is 72.2 Å². The molecule has 3 atom stereocenters. The molecule has 0 saturated heterocycles. The Labute approximate surface area is 265 Å². The number of nitrogens with two attached hydrogens (primary N) is 1. The third-order valence-corrected chi connectivity index (χ3v) is 9.81. The van der Waals surface area contributed by atoms with Gasteiger partial charge in [0.2, 0.25) is 5.78 Å². The number of allylic oxidation sites excluding steroid dienone is 1. The molecule has 0 aromatic heterocycles. The zero-order valence-electron chi connectivity index (χ0n) is 26.9. The van der Waals surface area contributed by atoms with Gasteiger partial charge in [-0.15, -0.1) is 0 Å². The Morgan fingerprint density at radius 1 is 1.09 bits per heavy atom. The zero-order valence-corrected chi connectivity index (χ0v) is 26.9. The number of aryl methyl sites for hydroxylation is 1. The standard InChI is InChI=1S/C37H45N3O5/c1-19(2)40(20(3)4)14-13-39-23(7)24-9-8-10-25(15-24)28-12-11-21(5)31-29(28)17-26-16-27-18-30(41)32(22(6)38)35(43)37(27,45)36(44)33(26)34(31)42/h8-12,15,19-20,26-27,39,42-43,45H,6-7,13-14,16-18,38H2,1-5H3/t26?,27-,37+/m0/s1. The van der Waals surface area contributed by atoms with Gasteiger partial charge < -0.3 is 26.4 Å². The summed E-state index contributed by atoms with van der Waals surface area (Å²) < 4.78 is 0. The first-order valence-electron chi connectivity index (χ1n) is 15.7. The van der Waals surface area contributed by atoms with Crippen molar-refractivity contribution >= 4 is 23.0 Å². The van der Waals surface area contributed by atoms with Gasteiger partial charge in [-0.05, 0) is 87.3 Å². The molecule has 2 aromatic carbocycles. The van der Waals surface area contributed by atoms with Crippen LogP contribution >= 0.6 is 0 Å². The molecule has 45 heavy (non-hydrogen) atoms. The fraction of sp³-hybridized carbons (Fsp3) is 0.405. The Hall–Kier alpha value is -4.14. The Balaban J connectivity index is 1.49. The highest BCUT2D eigenvalue weighted by atomic mass is 16.3. The number of aliphatic hydroxyl groups excluding tert-OH is 2. The van der Waals surface area contributed by atoms with E-state index >= 15 is 0 Å². The molecule has 0 heterocycles. The van der Waals surface area contributed by atoms with Crippen LogP contribution in [0.5, 0.6) is 0 Å². The van der Waals surface area contributed by atoms with Gasteiger partial charge in [0.05, 0.1) is 5.57 Å². The summed E-state index contributed by atoms with van der Waals surface area (Å²) in [5.41, 5.74) is 8.85. The van der Waals surface area contributed by atoms with Crippen LogP contribution in [0.4, 0.5) is 0 Å². The topological polar surface area (TPSA) is 136 Å². The monoisotopic (exact) mass is 611 g/mol. The summed E-state index contributed by atoms with van der Waals surface area (Å²) in [5.74, 6) is -3.52. The van der Waals surface area contributed by atoms with Crippen molar-refractivity contribution in [1.29, 1.82) is 0 Å². The minimum atomic E-state index is -2.35. The van der Waals surface area contributed by atoms with E-state index in [2.05, 4.69) is 57.1 Å². The van der Waals surface area contributed by atoms with E-state index < -0.39 is 34.8 Å². The van der Waals surface area contributed by atoms with E-state index in [1.807, 2.05) is 37.3 Å². The lowest BCUT2D eigenvalue weighted by Gasteiger charge is -2.46. The number of hydrogen-bond acceptors (Lipinski definition) is 8. The molecule has 0 bridgehead atoms. The molecule has 0 amide bonds. The van der Waals surface area contributed by atoms with Crippen molar-refractivity contribution in [2.75, 3.05) is 13.1 Å². The molecule has 2 aromatic rings. The predicted octanol–water partition coefficient (Wildman–Crippen LogP) is 5.36. The highest BCUT2D eigenvalue weighted by Crippen LogP contribution is 2.52. The van der Waals surface area contributed by atoms with Gasteiger partial charge in [0.25, 0.3) is 0 Å². The van der Waals surface area contributed by atoms with Crippen LogP contribution in [0.3, 0.4) is 0 Å². The summed E-state index contributed by atoms with van der Waals surface area (Å²) in [6.45, 7) is 20.2. The van der Waals surface area contributed by atoms with Crippen LogP contribution in [-0.4, -0.2) is 62.6 Å². The predicted molar refractivity (Wildman–Crippen MR) is 178 cm³/mol. The number of rotatable bonds is 9. The second-order valence-corrected chi connectivity index (χ2v) is 13.3. The second-order valence-electron chi connectivity index (χ2n) is 13.3. The highest BCUT2D eigenvalue weighted by molar-refractivity contribution is 6.14. The first-order chi connectivity index (χ1) is 21.2. The van der Waals surface area contributed by atoms with E-state index in [4.69, 9.17) is 5.73 Å². The summed E-state index contributed by atoms with van der Waals surface area (Å²) in [7, 11) is 0. The molecular formula is C37H45N3O5. The summed E-state index contributed by atoms with van der Waals surface area (Å²) in [6.07, 6.45) is 0.515. The van der Waals surface area contributed by atoms with Crippen LogP contribution in [-0.2, 0) is 16.0 Å². The smallest absolute Gasteiger partial charge is 0.202 e. The maximum absolute atomic E-state index is 13.9. The molecule has 3 aliphatic rings. The van der Waals surface area contributed by atoms with Gasteiger partial charge in [-0.1, -0.05) is 43.5 Å². The van der Waals surface area contributed by atoms with Gasteiger partial charge in [-0.2, -0.15) is 0 Å². The van der Waals surface area contributed by atoms with Gasteiger partial charge in [0, 0.05) is 60.0 Å². The molecule has 5 rings (SSSR count). The first-order valence-corrected chi connectivity index (χ1v) is 15.7. The quantitative estimate of drug-likeness (QED) is 0.256. The van der Waals surface area contributed by atoms with Crippen molar-refractivity contribution in [3.63, 3.8) is 0 Å². The molecular weight excluding hydrogens is 566 g/mol. The minimum absolute atomic E-state index is 0.0764. The SMILES string of the molecule is C=C(N)C1=C(O)[C@@]2(O)C(=O)C3=C(O)c4c(C)ccc(-c5cccc(C(=C)NCCN(C(C)C)C(C)C)c5)c4CC3C[C@H]2CC1=O. The molecule has 1 fully saturated rings. The van der Waals surface area contributed by atoms with Gasteiger partial charge in [0.15, 0.2) is 11.4 Å². The number of hydrogen-bond donors (Lipinski definition) is 5. The number of aliphatic hydroxyl groups is 3. The zero-order chi connectivity index (χ0) is 33.0. The lowest BCUT2D eigenvalue weighted by Crippen LogP contribution is -2.57. The van der Waals surface area contributed by atoms with E-state index in [-0.39, 0.29) is 35.4 Å². The average Bonchev–Trinajstić information content (AvgIpc) is 2.96. The number of nitrogens with one attached hydrogen (secondary N) is 1. The summed E-state index contributed by atoms with van der Waals surface area (Å²) in [6, 6.07) is 12.9. The van der Waals surface area contributed by atoms with Gasteiger partial charge >= 0.3 is 0 Å². The number of nitrogens with zero attached hydrogens (tertiary/aromatic N) is 1. The van der Waals surface area contributed by atoms with Crippen LogP contribution in [0, 0.1) is 18.8 Å². The van der Waals surface area contributed by atoms with Gasteiger partial charge in [-0.25, -0.2) is 0 Å². The number of ketones is 2. The summed E-state index contributed by atoms with van der Waals surface area (Å²) in [5, 5.41) is 37.8. The Morgan fingerprint density at radius 3 is 2.42 bits per heavy atom. The van der Waals surface area contributed by atoms with E-state index in [1.165, 1.54) is 0 Å². The average molecular weight is 612 g/mol. The first kappa shape index (κ1) is 32.3. The number of benzene rings is 2. The number of carbonyl (C=O) groups is 2. The number of fused-ring (bicyclic) bond motifs is 3. The third-order valence-electron chi connectivity index (χ3n) is 9.81. The maximum atomic E-state index is 13.9. The van der Waals surface area contributed by atoms with Crippen molar-refractivity contribution in [2.24, 2.45) is 17.6 Å². The molecule has 6 N–H and O–H groups in total. The van der Waals surface area contributed by atoms with E-state index in [1.54, 1.807) is 0 Å². The van der Waals surface area contributed by atoms with Gasteiger partial charge in [-0.3, -0.25) is 14.5 Å². The fourth-order valence-electron chi connectivity index (χ4n) is 7.59. The maximum Gasteiger partial charge on any atom is 0.202 e. The molecule has 1 saturated carbocycles. The number of carbonyl (C=O) groups excluding carboxylic acids is 2. The summed E-state index contributed by atoms with van der Waals surface area (Å²) >= 11 is 0. The van der Waals surface area contributed by atoms with Crippen LogP contribution in [0.2, 0.25) is 0 Å². The van der Waals surface area contributed by atoms with Crippen molar-refractivity contribution < 1.29 is 24.9 Å². The second kappa shape index (κ2) is 12.0. The molecule has 238 valence electrons. The molecule has 1 unspecified atom stereocenters. The Morgan fingerprint density at radius 2 is 1.78 bits per heavy atom. The summed E-state index contributed by atoms with van der Waals surface area (Å²) in [4.78, 5) is 29.2. The van der Waals surface area contributed by atoms with E-state index in [0.29, 0.717) is 24.1 Å². The van der Waals surface area contributed by atoms with Crippen molar-refractivity contribution in [2.45, 2.75) is 71.6 Å². The molecule has 0 radical (unpaired) electrons. The lowest BCUT2D eigenvalue weighted by atomic mass is 9.59. The highest BCUT2D eigenvalue weighted by Gasteiger charge is 2.59. The fourth-order valence-corrected chi connectivity index (χ4v) is 7.59. The molecule has 8 nitrogen and oxygen atoms in total. The van der Waals surface area contributed by atoms with Crippen LogP contribution < -0.4 is 11.1 Å². The van der Waals surface area contributed by atoms with Crippen LogP contribution in [0.25, 0.3) is 22.6 Å². The Bertz CT molecular complexity index is 1660. The van der Waals surface area contributed by atoms with Crippen molar-refractivity contribution in [3.8, 4) is 11.1 Å². The van der Waals surface area contributed by atoms with Crippen molar-refractivity contribution in [3.05, 3.63) is 94.4 Å². The lowest BCUT2D eigenvalue weighted by molar-refractivity contribution is -0.147. The largest absolute Gasteiger partial charge is 0.508 e. The van der Waals surface area contributed by atoms with E-state index in [0.717, 1.165) is 46.6 Å². The van der Waals surface area contributed by atoms with Gasteiger partial charge in [0.1, 0.15) is 11.5 Å². The third kappa shape index (κ3) is 5.40. The van der Waals surface area contributed by atoms with Crippen molar-refractivity contribution in [1.82, 2.24) is 10.2 Å². The minimum Gasteiger partial charge on any atom is -0.508 e. The molecule has 8 heteroatoms. The molecule has 3 aliphatic carbocycles. The van der Waals surface area contributed by atoms with E-state index in [9.17, 15) is 24.9 Å². The molecule has 0 spiro atoms. The Kier molecular flexibility index (Phi) is 8.59. The molecule has 0 aliphatic heterocycles. The number of Topliss-reactive ketones (excluding diaryl/α,β-unsaturated/α-hetero) is 2. The van der Waals surface area contributed by atoms with Crippen LogP contribution in [0.1, 0.15) is 62.8 Å².